The fourth-order valence-electron chi connectivity index (χ4n) is 4.67. The van der Waals surface area contributed by atoms with Gasteiger partial charge in [0, 0.05) is 31.9 Å². The second kappa shape index (κ2) is 10.8. The van der Waals surface area contributed by atoms with Crippen LogP contribution in [0.3, 0.4) is 0 Å². The molecular formula is C26H35N3O2. The number of hydrogen-bond donors (Lipinski definition) is 2. The Morgan fingerprint density at radius 3 is 2.23 bits per heavy atom. The van der Waals surface area contributed by atoms with E-state index in [1.54, 1.807) is 0 Å². The molecule has 0 aromatic heterocycles. The second-order valence-electron chi connectivity index (χ2n) is 8.81. The molecule has 0 saturated carbocycles. The molecule has 1 fully saturated rings. The van der Waals surface area contributed by atoms with E-state index in [4.69, 9.17) is 0 Å². The molecule has 0 bridgehead atoms. The van der Waals surface area contributed by atoms with Crippen LogP contribution in [0.2, 0.25) is 0 Å². The quantitative estimate of drug-likeness (QED) is 0.646. The molecule has 1 aliphatic heterocycles. The van der Waals surface area contributed by atoms with E-state index in [0.717, 1.165) is 56.7 Å². The number of nitriles is 1. The number of hydrogen-bond acceptors (Lipinski definition) is 5. The summed E-state index contributed by atoms with van der Waals surface area (Å²) in [5.41, 5.74) is 3.07. The third-order valence-corrected chi connectivity index (χ3v) is 6.79. The van der Waals surface area contributed by atoms with E-state index in [-0.39, 0.29) is 19.1 Å². The van der Waals surface area contributed by atoms with Crippen LogP contribution in [-0.2, 0) is 18.6 Å². The van der Waals surface area contributed by atoms with Gasteiger partial charge in [-0.25, -0.2) is 0 Å². The summed E-state index contributed by atoms with van der Waals surface area (Å²) in [6, 6.07) is 18.9. The second-order valence-corrected chi connectivity index (χ2v) is 8.81. The minimum atomic E-state index is -0.593. The number of para-hydroxylation sites is 1. The maximum absolute atomic E-state index is 10.2. The van der Waals surface area contributed by atoms with E-state index < -0.39 is 5.41 Å². The predicted octanol–water partition coefficient (Wildman–Crippen LogP) is 3.69. The van der Waals surface area contributed by atoms with Crippen LogP contribution in [0.25, 0.3) is 0 Å². The van der Waals surface area contributed by atoms with Crippen molar-refractivity contribution >= 4 is 5.69 Å². The minimum absolute atomic E-state index is 0.105. The lowest BCUT2D eigenvalue weighted by Crippen LogP contribution is -2.46. The van der Waals surface area contributed by atoms with Crippen molar-refractivity contribution < 1.29 is 10.2 Å². The number of rotatable bonds is 9. The molecule has 1 saturated heterocycles. The number of anilines is 1. The van der Waals surface area contributed by atoms with Gasteiger partial charge in [-0.2, -0.15) is 5.26 Å². The molecule has 2 aromatic carbocycles. The number of nitrogens with zero attached hydrogens (tertiary/aromatic N) is 3. The highest BCUT2D eigenvalue weighted by atomic mass is 16.3. The lowest BCUT2D eigenvalue weighted by Gasteiger charge is -2.37. The van der Waals surface area contributed by atoms with Crippen LogP contribution < -0.4 is 4.90 Å². The van der Waals surface area contributed by atoms with E-state index in [2.05, 4.69) is 60.0 Å². The molecule has 0 amide bonds. The fraction of sp³-hybridized carbons (Fsp3) is 0.500. The van der Waals surface area contributed by atoms with E-state index in [0.29, 0.717) is 5.56 Å². The summed E-state index contributed by atoms with van der Waals surface area (Å²) in [6.07, 6.45) is 1.73. The monoisotopic (exact) mass is 421 g/mol. The van der Waals surface area contributed by atoms with E-state index in [9.17, 15) is 15.5 Å². The summed E-state index contributed by atoms with van der Waals surface area (Å²) in [7, 11) is 0. The topological polar surface area (TPSA) is 70.7 Å². The van der Waals surface area contributed by atoms with Gasteiger partial charge in [-0.1, -0.05) is 50.2 Å². The van der Waals surface area contributed by atoms with Gasteiger partial charge in [0.2, 0.25) is 0 Å². The van der Waals surface area contributed by atoms with Crippen molar-refractivity contribution in [3.8, 4) is 6.07 Å². The summed E-state index contributed by atoms with van der Waals surface area (Å²) < 4.78 is 0. The first kappa shape index (κ1) is 23.3. The highest BCUT2D eigenvalue weighted by Crippen LogP contribution is 2.37. The van der Waals surface area contributed by atoms with Crippen LogP contribution in [0.4, 0.5) is 5.69 Å². The van der Waals surface area contributed by atoms with Gasteiger partial charge in [0.05, 0.1) is 24.7 Å². The molecule has 1 aliphatic rings. The molecule has 2 aromatic rings. The van der Waals surface area contributed by atoms with E-state index in [1.165, 1.54) is 5.69 Å². The zero-order chi connectivity index (χ0) is 22.3. The fourth-order valence-corrected chi connectivity index (χ4v) is 4.67. The largest absolute Gasteiger partial charge is 0.392 e. The summed E-state index contributed by atoms with van der Waals surface area (Å²) in [5.74, 6) is 0.152. The molecule has 166 valence electrons. The molecular weight excluding hydrogens is 386 g/mol. The van der Waals surface area contributed by atoms with Crippen molar-refractivity contribution in [2.75, 3.05) is 37.6 Å². The van der Waals surface area contributed by atoms with Crippen LogP contribution in [0, 0.1) is 17.2 Å². The van der Waals surface area contributed by atoms with Crippen LogP contribution in [-0.4, -0.2) is 47.8 Å². The van der Waals surface area contributed by atoms with Crippen molar-refractivity contribution in [1.82, 2.24) is 4.90 Å². The molecule has 0 spiro atoms. The molecule has 1 unspecified atom stereocenters. The molecule has 5 nitrogen and oxygen atoms in total. The molecule has 0 aliphatic carbocycles. The molecule has 31 heavy (non-hydrogen) atoms. The number of piperazine rings is 1. The average molecular weight is 422 g/mol. The van der Waals surface area contributed by atoms with Crippen molar-refractivity contribution in [2.24, 2.45) is 5.92 Å². The SMILES string of the molecule is CC(C)C(C#N)(CCCN1CCN(c2ccccc2)CC1)c1ccc(CO)c(CO)c1. The first-order valence-corrected chi connectivity index (χ1v) is 11.3. The highest BCUT2D eigenvalue weighted by Gasteiger charge is 2.36. The van der Waals surface area contributed by atoms with E-state index >= 15 is 0 Å². The Kier molecular flexibility index (Phi) is 8.09. The summed E-state index contributed by atoms with van der Waals surface area (Å²) in [5, 5.41) is 29.4. The molecule has 1 atom stereocenters. The van der Waals surface area contributed by atoms with Gasteiger partial charge in [-0.05, 0) is 54.1 Å². The Bertz CT molecular complexity index is 870. The third-order valence-electron chi connectivity index (χ3n) is 6.79. The van der Waals surface area contributed by atoms with Gasteiger partial charge in [0.1, 0.15) is 0 Å². The smallest absolute Gasteiger partial charge is 0.0845 e. The molecule has 1 heterocycles. The lowest BCUT2D eigenvalue weighted by atomic mass is 9.69. The number of aliphatic hydroxyl groups is 2. The normalized spacial score (nSPS) is 16.8. The molecule has 5 heteroatoms. The third kappa shape index (κ3) is 5.27. The zero-order valence-electron chi connectivity index (χ0n) is 18.8. The van der Waals surface area contributed by atoms with Gasteiger partial charge in [-0.3, -0.25) is 4.90 Å². The summed E-state index contributed by atoms with van der Waals surface area (Å²) in [6.45, 7) is 9.08. The predicted molar refractivity (Wildman–Crippen MR) is 125 cm³/mol. The molecule has 2 N–H and O–H groups in total. The Balaban J connectivity index is 1.62. The van der Waals surface area contributed by atoms with Gasteiger partial charge in [0.25, 0.3) is 0 Å². The van der Waals surface area contributed by atoms with Gasteiger partial charge >= 0.3 is 0 Å². The van der Waals surface area contributed by atoms with Crippen molar-refractivity contribution in [3.05, 3.63) is 65.2 Å². The standard InChI is InChI=1S/C26H35N3O2/c1-21(2)26(20-27,24-10-9-22(18-30)23(17-24)19-31)11-6-12-28-13-15-29(16-14-28)25-7-4-3-5-8-25/h3-5,7-10,17,21,30-31H,6,11-16,18-19H2,1-2H3. The van der Waals surface area contributed by atoms with E-state index in [1.807, 2.05) is 18.2 Å². The Morgan fingerprint density at radius 1 is 0.968 bits per heavy atom. The number of benzene rings is 2. The van der Waals surface area contributed by atoms with Gasteiger partial charge in [0.15, 0.2) is 0 Å². The van der Waals surface area contributed by atoms with Crippen molar-refractivity contribution in [2.45, 2.75) is 45.3 Å². The first-order valence-electron chi connectivity index (χ1n) is 11.3. The minimum Gasteiger partial charge on any atom is -0.392 e. The number of aliphatic hydroxyl groups excluding tert-OH is 2. The van der Waals surface area contributed by atoms with Crippen LogP contribution in [0.5, 0.6) is 0 Å². The Hall–Kier alpha value is -2.39. The van der Waals surface area contributed by atoms with Crippen LogP contribution in [0.15, 0.2) is 48.5 Å². The maximum atomic E-state index is 10.2. The Morgan fingerprint density at radius 2 is 1.65 bits per heavy atom. The van der Waals surface area contributed by atoms with Crippen LogP contribution >= 0.6 is 0 Å². The van der Waals surface area contributed by atoms with Crippen molar-refractivity contribution in [3.63, 3.8) is 0 Å². The summed E-state index contributed by atoms with van der Waals surface area (Å²) in [4.78, 5) is 4.93. The van der Waals surface area contributed by atoms with Gasteiger partial charge in [-0.15, -0.1) is 0 Å². The molecule has 3 rings (SSSR count). The lowest BCUT2D eigenvalue weighted by molar-refractivity contribution is 0.238. The first-order chi connectivity index (χ1) is 15.0. The summed E-state index contributed by atoms with van der Waals surface area (Å²) >= 11 is 0. The van der Waals surface area contributed by atoms with Gasteiger partial charge < -0.3 is 15.1 Å². The highest BCUT2D eigenvalue weighted by molar-refractivity contribution is 5.46. The van der Waals surface area contributed by atoms with Crippen molar-refractivity contribution in [1.29, 1.82) is 5.26 Å². The zero-order valence-corrected chi connectivity index (χ0v) is 18.8. The maximum Gasteiger partial charge on any atom is 0.0845 e. The Labute approximate surface area is 186 Å². The molecule has 0 radical (unpaired) electrons. The van der Waals surface area contributed by atoms with Crippen LogP contribution in [0.1, 0.15) is 43.4 Å². The average Bonchev–Trinajstić information content (AvgIpc) is 2.82.